The summed E-state index contributed by atoms with van der Waals surface area (Å²) >= 11 is 0. The fourth-order valence-electron chi connectivity index (χ4n) is 6.66. The number of amides is 2. The van der Waals surface area contributed by atoms with E-state index in [1.165, 1.54) is 31.1 Å². The summed E-state index contributed by atoms with van der Waals surface area (Å²) in [6, 6.07) is 1.11. The molecule has 3 aliphatic carbocycles. The fraction of sp³-hybridized carbons (Fsp3) is 0.538. The number of likely N-dealkylation sites (N-methyl/N-ethyl adjacent to an activating group) is 2. The zero-order valence-electron chi connectivity index (χ0n) is 22.2. The number of nitrogens with zero attached hydrogens (tertiary/aromatic N) is 2. The highest BCUT2D eigenvalue weighted by atomic mass is 16.3. The van der Waals surface area contributed by atoms with E-state index in [0.29, 0.717) is 0 Å². The molecule has 39 heavy (non-hydrogen) atoms. The normalized spacial score (nSPS) is 34.0. The van der Waals surface area contributed by atoms with Crippen molar-refractivity contribution in [2.75, 3.05) is 40.1 Å². The molecule has 0 aliphatic heterocycles. The third-order valence-corrected chi connectivity index (χ3v) is 8.20. The average Bonchev–Trinajstić information content (AvgIpc) is 2.81. The Balaban J connectivity index is 1.91. The van der Waals surface area contributed by atoms with Gasteiger partial charge in [0.25, 0.3) is 0 Å². The van der Waals surface area contributed by atoms with Crippen molar-refractivity contribution >= 4 is 40.6 Å². The molecule has 210 valence electrons. The lowest BCUT2D eigenvalue weighted by Crippen LogP contribution is -2.77. The van der Waals surface area contributed by atoms with Gasteiger partial charge in [-0.15, -0.1) is 0 Å². The highest BCUT2D eigenvalue weighted by molar-refractivity contribution is 6.32. The fourth-order valence-corrected chi connectivity index (χ4v) is 6.66. The van der Waals surface area contributed by atoms with Gasteiger partial charge in [0.05, 0.1) is 36.1 Å². The molecule has 0 aromatic heterocycles. The van der Waals surface area contributed by atoms with Crippen molar-refractivity contribution in [2.24, 2.45) is 29.4 Å². The molecule has 8 unspecified atom stereocenters. The summed E-state index contributed by atoms with van der Waals surface area (Å²) in [4.78, 5) is 81.8. The summed E-state index contributed by atoms with van der Waals surface area (Å²) in [5.74, 6) is -14.7. The topological polar surface area (TPSA) is 208 Å². The van der Waals surface area contributed by atoms with Crippen LogP contribution in [0.15, 0.2) is 12.1 Å². The number of carbonyl (C=O) groups excluding carboxylic acids is 6. The Labute approximate surface area is 223 Å². The lowest BCUT2D eigenvalue weighted by molar-refractivity contribution is -0.196. The maximum absolute atomic E-state index is 13.9. The molecule has 0 radical (unpaired) electrons. The first-order chi connectivity index (χ1) is 18.1. The Bertz CT molecular complexity index is 1310. The van der Waals surface area contributed by atoms with Crippen LogP contribution in [-0.2, 0) is 24.0 Å². The molecule has 2 saturated carbocycles. The Kier molecular flexibility index (Phi) is 7.01. The maximum Gasteiger partial charge on any atom is 0.238 e. The Hall–Kier alpha value is -3.52. The molecule has 13 heteroatoms. The number of phenolic OH excluding ortho intramolecular Hbond substituents is 1. The number of Topliss-reactive ketones (excluding diaryl/α,β-unsaturated/α-hetero) is 4. The monoisotopic (exact) mass is 544 g/mol. The summed E-state index contributed by atoms with van der Waals surface area (Å²) in [5.41, 5.74) is 2.31. The lowest BCUT2D eigenvalue weighted by Gasteiger charge is -2.56. The van der Waals surface area contributed by atoms with E-state index >= 15 is 0 Å². The van der Waals surface area contributed by atoms with E-state index in [4.69, 9.17) is 5.73 Å². The minimum Gasteiger partial charge on any atom is -0.507 e. The SMILES string of the molecule is CC1c2c(NC(=O)CN(C)C)ccc(O)c2C(=O)C2C(=O)C3(O)C(=O)C(C(N)=O)C(=O)C(N(C)C)C3C(O)C21. The standard InChI is InChI=1S/C26H32N4O9/c1-9-13-10(28-12(32)8-29(2)3)6-7-11(31)15(13)20(33)16-14(9)21(34)18-19(30(4)5)22(35)17(25(27)38)24(37)26(18,39)23(16)36/h6-7,9,14,16-19,21,31,34,39H,8H2,1-5H3,(H2,27,38)(H,28,32). The Morgan fingerprint density at radius 2 is 1.69 bits per heavy atom. The quantitative estimate of drug-likeness (QED) is 0.200. The van der Waals surface area contributed by atoms with Crippen molar-refractivity contribution in [2.45, 2.75) is 30.6 Å². The first kappa shape index (κ1) is 28.5. The summed E-state index contributed by atoms with van der Waals surface area (Å²) in [5, 5.41) is 36.7. The highest BCUT2D eigenvalue weighted by Crippen LogP contribution is 2.55. The van der Waals surface area contributed by atoms with Crippen LogP contribution in [0.4, 0.5) is 5.69 Å². The third kappa shape index (κ3) is 3.99. The molecule has 0 bridgehead atoms. The van der Waals surface area contributed by atoms with E-state index in [2.05, 4.69) is 5.32 Å². The summed E-state index contributed by atoms with van der Waals surface area (Å²) in [7, 11) is 6.21. The van der Waals surface area contributed by atoms with Crippen LogP contribution in [0.2, 0.25) is 0 Å². The van der Waals surface area contributed by atoms with Gasteiger partial charge in [0, 0.05) is 11.6 Å². The van der Waals surface area contributed by atoms with E-state index < -0.39 is 88.0 Å². The molecule has 0 spiro atoms. The van der Waals surface area contributed by atoms with Crippen LogP contribution in [-0.4, -0.2) is 113 Å². The number of ketones is 4. The predicted molar refractivity (Wildman–Crippen MR) is 135 cm³/mol. The Morgan fingerprint density at radius 3 is 2.23 bits per heavy atom. The van der Waals surface area contributed by atoms with Crippen LogP contribution in [0.5, 0.6) is 5.75 Å². The minimum atomic E-state index is -3.07. The number of benzene rings is 1. The van der Waals surface area contributed by atoms with Crippen LogP contribution < -0.4 is 11.1 Å². The second-order valence-electron chi connectivity index (χ2n) is 11.1. The molecule has 0 heterocycles. The van der Waals surface area contributed by atoms with Gasteiger partial charge in [0.1, 0.15) is 5.75 Å². The summed E-state index contributed by atoms with van der Waals surface area (Å²) < 4.78 is 0. The van der Waals surface area contributed by atoms with E-state index in [9.17, 15) is 44.1 Å². The van der Waals surface area contributed by atoms with E-state index in [1.54, 1.807) is 25.9 Å². The number of nitrogens with two attached hydrogens (primary N) is 1. The van der Waals surface area contributed by atoms with E-state index in [0.717, 1.165) is 0 Å². The maximum atomic E-state index is 13.9. The van der Waals surface area contributed by atoms with E-state index in [-0.39, 0.29) is 23.4 Å². The number of rotatable bonds is 5. The number of hydrogen-bond donors (Lipinski definition) is 5. The largest absolute Gasteiger partial charge is 0.507 e. The Morgan fingerprint density at radius 1 is 1.08 bits per heavy atom. The van der Waals surface area contributed by atoms with Crippen LogP contribution >= 0.6 is 0 Å². The number of nitrogens with one attached hydrogen (secondary N) is 1. The number of aliphatic hydroxyl groups is 2. The van der Waals surface area contributed by atoms with Crippen molar-refractivity contribution in [1.82, 2.24) is 9.80 Å². The van der Waals surface area contributed by atoms with Crippen LogP contribution in [0.3, 0.4) is 0 Å². The van der Waals surface area contributed by atoms with Crippen LogP contribution in [0, 0.1) is 23.7 Å². The molecular formula is C26H32N4O9. The molecule has 6 N–H and O–H groups in total. The molecule has 1 aromatic carbocycles. The number of fused-ring (bicyclic) bond motifs is 3. The lowest BCUT2D eigenvalue weighted by atomic mass is 9.49. The molecule has 3 aliphatic rings. The molecular weight excluding hydrogens is 512 g/mol. The average molecular weight is 545 g/mol. The highest BCUT2D eigenvalue weighted by Gasteiger charge is 2.73. The number of aromatic hydroxyl groups is 1. The second-order valence-corrected chi connectivity index (χ2v) is 11.1. The predicted octanol–water partition coefficient (Wildman–Crippen LogP) is -2.10. The van der Waals surface area contributed by atoms with Gasteiger partial charge < -0.3 is 31.3 Å². The molecule has 13 nitrogen and oxygen atoms in total. The van der Waals surface area contributed by atoms with Crippen LogP contribution in [0.1, 0.15) is 28.8 Å². The number of aliphatic hydroxyl groups excluding tert-OH is 1. The zero-order chi connectivity index (χ0) is 29.3. The first-order valence-corrected chi connectivity index (χ1v) is 12.4. The van der Waals surface area contributed by atoms with Gasteiger partial charge in [-0.25, -0.2) is 0 Å². The zero-order valence-corrected chi connectivity index (χ0v) is 22.2. The van der Waals surface area contributed by atoms with Crippen LogP contribution in [0.25, 0.3) is 0 Å². The van der Waals surface area contributed by atoms with Crippen molar-refractivity contribution in [1.29, 1.82) is 0 Å². The first-order valence-electron chi connectivity index (χ1n) is 12.4. The van der Waals surface area contributed by atoms with Gasteiger partial charge in [0.15, 0.2) is 34.7 Å². The third-order valence-electron chi connectivity index (χ3n) is 8.20. The summed E-state index contributed by atoms with van der Waals surface area (Å²) in [6.07, 6.45) is -1.76. The van der Waals surface area contributed by atoms with Gasteiger partial charge in [-0.1, -0.05) is 6.92 Å². The smallest absolute Gasteiger partial charge is 0.238 e. The molecule has 8 atom stereocenters. The molecule has 1 aromatic rings. The molecule has 0 saturated heterocycles. The number of hydrogen-bond acceptors (Lipinski definition) is 11. The number of carbonyl (C=O) groups is 6. The number of anilines is 1. The van der Waals surface area contributed by atoms with Gasteiger partial charge >= 0.3 is 0 Å². The van der Waals surface area contributed by atoms with Crippen molar-refractivity contribution in [3.05, 3.63) is 23.3 Å². The molecule has 4 rings (SSSR count). The number of phenols is 1. The molecule has 2 fully saturated rings. The van der Waals surface area contributed by atoms with Crippen molar-refractivity contribution in [3.8, 4) is 5.75 Å². The van der Waals surface area contributed by atoms with Gasteiger partial charge in [-0.3, -0.25) is 33.7 Å². The van der Waals surface area contributed by atoms with E-state index in [1.807, 2.05) is 0 Å². The minimum absolute atomic E-state index is 0.00994. The summed E-state index contributed by atoms with van der Waals surface area (Å²) in [6.45, 7) is 1.59. The van der Waals surface area contributed by atoms with Crippen molar-refractivity contribution < 1.29 is 44.1 Å². The van der Waals surface area contributed by atoms with Gasteiger partial charge in [-0.05, 0) is 51.8 Å². The number of primary amides is 1. The second kappa shape index (κ2) is 9.59. The van der Waals surface area contributed by atoms with Crippen molar-refractivity contribution in [3.63, 3.8) is 0 Å². The molecule has 2 amide bonds. The van der Waals surface area contributed by atoms with Gasteiger partial charge in [0.2, 0.25) is 11.8 Å². The van der Waals surface area contributed by atoms with Gasteiger partial charge in [-0.2, -0.15) is 0 Å².